The van der Waals surface area contributed by atoms with Crippen molar-refractivity contribution < 1.29 is 9.59 Å². The fourth-order valence-electron chi connectivity index (χ4n) is 3.37. The first-order chi connectivity index (χ1) is 16.5. The van der Waals surface area contributed by atoms with Gasteiger partial charge < -0.3 is 16.0 Å². The zero-order valence-corrected chi connectivity index (χ0v) is 18.9. The van der Waals surface area contributed by atoms with Gasteiger partial charge in [0.1, 0.15) is 0 Å². The second-order valence-corrected chi connectivity index (χ2v) is 7.80. The van der Waals surface area contributed by atoms with Crippen molar-refractivity contribution in [1.82, 2.24) is 25.5 Å². The molecule has 0 fully saturated rings. The molecule has 0 aliphatic heterocycles. The number of tetrazole rings is 1. The molecule has 0 saturated heterocycles. The lowest BCUT2D eigenvalue weighted by Crippen LogP contribution is -2.26. The number of carbonyl (C=O) groups excluding carboxylic acids is 2. The van der Waals surface area contributed by atoms with Gasteiger partial charge in [-0.2, -0.15) is 4.68 Å². The Morgan fingerprint density at radius 2 is 1.74 bits per heavy atom. The normalized spacial score (nSPS) is 10.5. The van der Waals surface area contributed by atoms with Crippen molar-refractivity contribution in [2.45, 2.75) is 20.4 Å². The Morgan fingerprint density at radius 3 is 2.50 bits per heavy atom. The molecule has 0 radical (unpaired) electrons. The number of benzene rings is 3. The number of hydrogen-bond acceptors (Lipinski definition) is 6. The van der Waals surface area contributed by atoms with Gasteiger partial charge in [-0.05, 0) is 60.2 Å². The van der Waals surface area contributed by atoms with Gasteiger partial charge >= 0.3 is 0 Å². The molecular weight excluding hydrogens is 430 g/mol. The Hall–Kier alpha value is -4.53. The van der Waals surface area contributed by atoms with E-state index in [2.05, 4.69) is 31.5 Å². The fraction of sp³-hybridized carbons (Fsp3) is 0.160. The summed E-state index contributed by atoms with van der Waals surface area (Å²) in [5.41, 5.74) is 4.54. The van der Waals surface area contributed by atoms with Crippen molar-refractivity contribution in [2.75, 3.05) is 17.2 Å². The molecule has 9 nitrogen and oxygen atoms in total. The van der Waals surface area contributed by atoms with Crippen molar-refractivity contribution in [3.05, 3.63) is 95.3 Å². The highest BCUT2D eigenvalue weighted by molar-refractivity contribution is 6.04. The topological polar surface area (TPSA) is 114 Å². The Labute approximate surface area is 197 Å². The summed E-state index contributed by atoms with van der Waals surface area (Å²) in [6.07, 6.45) is 0. The van der Waals surface area contributed by atoms with Gasteiger partial charge in [0.2, 0.25) is 5.91 Å². The van der Waals surface area contributed by atoms with Crippen LogP contribution in [0, 0.1) is 13.8 Å². The third-order valence-electron chi connectivity index (χ3n) is 5.19. The van der Waals surface area contributed by atoms with Crippen molar-refractivity contribution >= 4 is 23.2 Å². The predicted octanol–water partition coefficient (Wildman–Crippen LogP) is 3.26. The number of para-hydroxylation sites is 1. The lowest BCUT2D eigenvalue weighted by Gasteiger charge is -2.13. The van der Waals surface area contributed by atoms with E-state index < -0.39 is 0 Å². The van der Waals surface area contributed by atoms with Crippen LogP contribution in [0.25, 0.3) is 5.69 Å². The highest BCUT2D eigenvalue weighted by Gasteiger charge is 2.13. The van der Waals surface area contributed by atoms with E-state index in [-0.39, 0.29) is 18.4 Å². The molecule has 4 rings (SSSR count). The molecule has 1 heterocycles. The lowest BCUT2D eigenvalue weighted by atomic mass is 10.1. The summed E-state index contributed by atoms with van der Waals surface area (Å²) in [7, 11) is 0. The predicted molar refractivity (Wildman–Crippen MR) is 130 cm³/mol. The third-order valence-corrected chi connectivity index (χ3v) is 5.19. The average molecular weight is 456 g/mol. The van der Waals surface area contributed by atoms with Crippen LogP contribution >= 0.6 is 0 Å². The zero-order chi connectivity index (χ0) is 23.9. The van der Waals surface area contributed by atoms with Crippen molar-refractivity contribution in [3.63, 3.8) is 0 Å². The molecule has 172 valence electrons. The molecule has 0 aliphatic rings. The number of rotatable bonds is 8. The first-order valence-corrected chi connectivity index (χ1v) is 10.8. The molecule has 0 aliphatic carbocycles. The fourth-order valence-corrected chi connectivity index (χ4v) is 3.37. The molecule has 0 unspecified atom stereocenters. The molecule has 0 bridgehead atoms. The first kappa shape index (κ1) is 22.7. The number of anilines is 2. The number of nitrogens with zero attached hydrogens (tertiary/aromatic N) is 4. The molecule has 2 amide bonds. The van der Waals surface area contributed by atoms with E-state index in [0.29, 0.717) is 23.6 Å². The van der Waals surface area contributed by atoms with E-state index in [9.17, 15) is 9.59 Å². The SMILES string of the molecule is Cc1ccc(CNC(=O)c2ccccc2NC(=O)CNc2cccc(-n3nnnc3C)c2)cc1. The minimum atomic E-state index is -0.275. The Kier molecular flexibility index (Phi) is 6.92. The van der Waals surface area contributed by atoms with Gasteiger partial charge in [0.05, 0.1) is 23.5 Å². The summed E-state index contributed by atoms with van der Waals surface area (Å²) in [6, 6.07) is 22.3. The molecule has 3 N–H and O–H groups in total. The van der Waals surface area contributed by atoms with Gasteiger partial charge in [-0.15, -0.1) is 5.10 Å². The van der Waals surface area contributed by atoms with Gasteiger partial charge in [-0.25, -0.2) is 0 Å². The van der Waals surface area contributed by atoms with Crippen LogP contribution in [-0.2, 0) is 11.3 Å². The second kappa shape index (κ2) is 10.4. The van der Waals surface area contributed by atoms with Gasteiger partial charge in [0, 0.05) is 12.2 Å². The maximum Gasteiger partial charge on any atom is 0.253 e. The van der Waals surface area contributed by atoms with Crippen LogP contribution in [0.1, 0.15) is 27.3 Å². The number of nitrogens with one attached hydrogen (secondary N) is 3. The first-order valence-electron chi connectivity index (χ1n) is 10.8. The molecule has 0 saturated carbocycles. The molecule has 1 aromatic heterocycles. The van der Waals surface area contributed by atoms with Crippen LogP contribution in [-0.4, -0.2) is 38.6 Å². The van der Waals surface area contributed by atoms with Gasteiger partial charge in [-0.3, -0.25) is 9.59 Å². The number of amides is 2. The van der Waals surface area contributed by atoms with E-state index in [4.69, 9.17) is 0 Å². The highest BCUT2D eigenvalue weighted by Crippen LogP contribution is 2.17. The van der Waals surface area contributed by atoms with Crippen LogP contribution < -0.4 is 16.0 Å². The number of aromatic nitrogens is 4. The van der Waals surface area contributed by atoms with E-state index >= 15 is 0 Å². The van der Waals surface area contributed by atoms with Gasteiger partial charge in [0.15, 0.2) is 5.82 Å². The third kappa shape index (κ3) is 5.63. The largest absolute Gasteiger partial charge is 0.376 e. The number of carbonyl (C=O) groups is 2. The number of hydrogen-bond donors (Lipinski definition) is 3. The van der Waals surface area contributed by atoms with Crippen LogP contribution in [0.15, 0.2) is 72.8 Å². The minimum absolute atomic E-state index is 0.0252. The molecule has 0 spiro atoms. The van der Waals surface area contributed by atoms with Crippen LogP contribution in [0.5, 0.6) is 0 Å². The quantitative estimate of drug-likeness (QED) is 0.376. The smallest absolute Gasteiger partial charge is 0.253 e. The van der Waals surface area contributed by atoms with Crippen LogP contribution in [0.2, 0.25) is 0 Å². The molecule has 34 heavy (non-hydrogen) atoms. The van der Waals surface area contributed by atoms with E-state index in [1.807, 2.05) is 62.4 Å². The van der Waals surface area contributed by atoms with E-state index in [0.717, 1.165) is 22.5 Å². The monoisotopic (exact) mass is 455 g/mol. The Bertz CT molecular complexity index is 1300. The van der Waals surface area contributed by atoms with E-state index in [1.54, 1.807) is 28.9 Å². The maximum atomic E-state index is 12.7. The molecule has 0 atom stereocenters. The minimum Gasteiger partial charge on any atom is -0.376 e. The van der Waals surface area contributed by atoms with Crippen molar-refractivity contribution in [2.24, 2.45) is 0 Å². The van der Waals surface area contributed by atoms with Crippen LogP contribution in [0.3, 0.4) is 0 Å². The lowest BCUT2D eigenvalue weighted by molar-refractivity contribution is -0.114. The molecule has 3 aromatic carbocycles. The standard InChI is InChI=1S/C25H25N7O2/c1-17-10-12-19(13-11-17)15-27-25(34)22-8-3-4-9-23(22)28-24(33)16-26-20-6-5-7-21(14-20)32-18(2)29-30-31-32/h3-14,26H,15-16H2,1-2H3,(H,27,34)(H,28,33). The Balaban J connectivity index is 1.36. The molecule has 9 heteroatoms. The summed E-state index contributed by atoms with van der Waals surface area (Å²) >= 11 is 0. The Morgan fingerprint density at radius 1 is 0.941 bits per heavy atom. The summed E-state index contributed by atoms with van der Waals surface area (Å²) in [4.78, 5) is 25.3. The summed E-state index contributed by atoms with van der Waals surface area (Å²) in [5.74, 6) is 0.129. The second-order valence-electron chi connectivity index (χ2n) is 7.80. The highest BCUT2D eigenvalue weighted by atomic mass is 16.2. The van der Waals surface area contributed by atoms with Gasteiger partial charge in [-0.1, -0.05) is 48.0 Å². The maximum absolute atomic E-state index is 12.7. The van der Waals surface area contributed by atoms with Gasteiger partial charge in [0.25, 0.3) is 5.91 Å². The summed E-state index contributed by atoms with van der Waals surface area (Å²) in [5, 5.41) is 20.3. The average Bonchev–Trinajstić information content (AvgIpc) is 3.28. The van der Waals surface area contributed by atoms with Crippen molar-refractivity contribution in [1.29, 1.82) is 0 Å². The van der Waals surface area contributed by atoms with Crippen molar-refractivity contribution in [3.8, 4) is 5.69 Å². The number of aryl methyl sites for hydroxylation is 2. The molecular formula is C25H25N7O2. The van der Waals surface area contributed by atoms with E-state index in [1.165, 1.54) is 0 Å². The van der Waals surface area contributed by atoms with Crippen LogP contribution in [0.4, 0.5) is 11.4 Å². The summed E-state index contributed by atoms with van der Waals surface area (Å²) < 4.78 is 1.61. The summed E-state index contributed by atoms with van der Waals surface area (Å²) in [6.45, 7) is 4.25. The zero-order valence-electron chi connectivity index (χ0n) is 18.9. The molecule has 4 aromatic rings.